The van der Waals surface area contributed by atoms with E-state index in [1.807, 2.05) is 6.08 Å². The van der Waals surface area contributed by atoms with Gasteiger partial charge in [-0.15, -0.1) is 6.58 Å². The number of nitrogens with zero attached hydrogens (tertiary/aromatic N) is 1. The van der Waals surface area contributed by atoms with Crippen molar-refractivity contribution in [3.05, 3.63) is 71.0 Å². The Balaban J connectivity index is 1.73. The number of aliphatic hydroxyl groups is 1. The van der Waals surface area contributed by atoms with Crippen molar-refractivity contribution in [1.29, 1.82) is 0 Å². The van der Waals surface area contributed by atoms with E-state index in [9.17, 15) is 5.11 Å². The van der Waals surface area contributed by atoms with Crippen LogP contribution < -0.4 is 0 Å². The molecule has 2 aliphatic heterocycles. The summed E-state index contributed by atoms with van der Waals surface area (Å²) in [6.07, 6.45) is 20.7. The molecule has 0 bridgehead atoms. The zero-order valence-corrected chi connectivity index (χ0v) is 15.6. The summed E-state index contributed by atoms with van der Waals surface area (Å²) in [6, 6.07) is 0. The number of fused-ring (bicyclic) bond motifs is 3. The lowest BCUT2D eigenvalue weighted by atomic mass is 9.72. The Morgan fingerprint density at radius 1 is 1.31 bits per heavy atom. The Hall–Kier alpha value is -1.80. The van der Waals surface area contributed by atoms with Gasteiger partial charge in [0.05, 0.1) is 5.60 Å². The molecule has 3 unspecified atom stereocenters. The number of piperidine rings is 1. The molecule has 1 saturated heterocycles. The maximum atomic E-state index is 11.7. The van der Waals surface area contributed by atoms with E-state index in [-0.39, 0.29) is 5.92 Å². The van der Waals surface area contributed by atoms with E-state index in [0.29, 0.717) is 12.3 Å². The fourth-order valence-electron chi connectivity index (χ4n) is 6.10. The summed E-state index contributed by atoms with van der Waals surface area (Å²) in [5.41, 5.74) is 6.94. The molecule has 1 fully saturated rings. The van der Waals surface area contributed by atoms with Gasteiger partial charge in [-0.05, 0) is 67.7 Å². The van der Waals surface area contributed by atoms with Crippen molar-refractivity contribution in [2.45, 2.75) is 50.5 Å². The third kappa shape index (κ3) is 2.35. The van der Waals surface area contributed by atoms with Crippen molar-refractivity contribution in [2.75, 3.05) is 13.1 Å². The van der Waals surface area contributed by atoms with Gasteiger partial charge >= 0.3 is 0 Å². The van der Waals surface area contributed by atoms with Gasteiger partial charge < -0.3 is 10.0 Å². The predicted octanol–water partition coefficient (Wildman–Crippen LogP) is 4.83. The second-order valence-electron chi connectivity index (χ2n) is 8.60. The quantitative estimate of drug-likeness (QED) is 0.724. The molecule has 2 heterocycles. The maximum absolute atomic E-state index is 11.7. The first-order valence-corrected chi connectivity index (χ1v) is 10.3. The molecule has 3 atom stereocenters. The summed E-state index contributed by atoms with van der Waals surface area (Å²) in [6.45, 7) is 5.99. The van der Waals surface area contributed by atoms with Crippen LogP contribution in [0.25, 0.3) is 0 Å². The van der Waals surface area contributed by atoms with E-state index >= 15 is 0 Å². The van der Waals surface area contributed by atoms with Crippen LogP contribution in [0.4, 0.5) is 0 Å². The fraction of sp³-hybridized carbons (Fsp3) is 0.500. The molecule has 136 valence electrons. The second kappa shape index (κ2) is 6.13. The lowest BCUT2D eigenvalue weighted by molar-refractivity contribution is -0.00450. The van der Waals surface area contributed by atoms with Gasteiger partial charge in [-0.3, -0.25) is 0 Å². The van der Waals surface area contributed by atoms with Gasteiger partial charge in [0.1, 0.15) is 0 Å². The van der Waals surface area contributed by atoms with Crippen molar-refractivity contribution in [1.82, 2.24) is 4.90 Å². The number of hydrogen-bond donors (Lipinski definition) is 1. The first-order valence-electron chi connectivity index (χ1n) is 10.3. The maximum Gasteiger partial charge on any atom is 0.0787 e. The van der Waals surface area contributed by atoms with Crippen LogP contribution in [0.3, 0.4) is 0 Å². The van der Waals surface area contributed by atoms with Crippen LogP contribution in [-0.4, -0.2) is 28.7 Å². The molecular weight excluding hydrogens is 318 g/mol. The van der Waals surface area contributed by atoms with Crippen molar-refractivity contribution in [3.63, 3.8) is 0 Å². The third-order valence-corrected chi connectivity index (χ3v) is 7.14. The highest BCUT2D eigenvalue weighted by Gasteiger charge is 2.46. The van der Waals surface area contributed by atoms with Crippen LogP contribution in [0.15, 0.2) is 71.0 Å². The van der Waals surface area contributed by atoms with Crippen molar-refractivity contribution in [3.8, 4) is 0 Å². The van der Waals surface area contributed by atoms with Gasteiger partial charge in [0.15, 0.2) is 0 Å². The number of hydrogen-bond acceptors (Lipinski definition) is 2. The predicted molar refractivity (Wildman–Crippen MR) is 106 cm³/mol. The van der Waals surface area contributed by atoms with Crippen molar-refractivity contribution in [2.24, 2.45) is 11.8 Å². The number of rotatable bonds is 2. The topological polar surface area (TPSA) is 23.5 Å². The van der Waals surface area contributed by atoms with Crippen LogP contribution >= 0.6 is 0 Å². The molecule has 0 aromatic heterocycles. The molecule has 1 N–H and O–H groups in total. The number of allylic oxidation sites excluding steroid dienone is 5. The van der Waals surface area contributed by atoms with E-state index in [0.717, 1.165) is 38.8 Å². The van der Waals surface area contributed by atoms with Gasteiger partial charge in [-0.2, -0.15) is 0 Å². The first kappa shape index (κ1) is 16.4. The van der Waals surface area contributed by atoms with E-state index in [2.05, 4.69) is 41.9 Å². The minimum atomic E-state index is -0.663. The lowest BCUT2D eigenvalue weighted by Gasteiger charge is -2.44. The lowest BCUT2D eigenvalue weighted by Crippen LogP contribution is -2.40. The summed E-state index contributed by atoms with van der Waals surface area (Å²) in [5.74, 6) is 0.777. The molecule has 0 aromatic rings. The van der Waals surface area contributed by atoms with Crippen LogP contribution in [-0.2, 0) is 0 Å². The minimum Gasteiger partial charge on any atom is -0.389 e. The fourth-order valence-corrected chi connectivity index (χ4v) is 6.10. The van der Waals surface area contributed by atoms with Crippen molar-refractivity contribution >= 4 is 0 Å². The molecule has 0 radical (unpaired) electrons. The molecule has 0 aromatic carbocycles. The van der Waals surface area contributed by atoms with Crippen LogP contribution in [0.2, 0.25) is 0 Å². The summed E-state index contributed by atoms with van der Waals surface area (Å²) in [5, 5.41) is 11.7. The Morgan fingerprint density at radius 3 is 3.12 bits per heavy atom. The molecule has 5 aliphatic rings. The normalized spacial score (nSPS) is 35.4. The standard InChI is InChI=1S/C24H29NO/c1-2-13-24(26)15-17-8-7-10-19-22-12-5-6-14-25(22)16-20(23(17)19)18-9-3-4-11-21(18)24/h2-3,5-6,9,12,19,21,26H,1,4,7-8,10-11,13-16H2. The van der Waals surface area contributed by atoms with Gasteiger partial charge in [0, 0.05) is 30.6 Å². The second-order valence-corrected chi connectivity index (χ2v) is 8.60. The summed E-state index contributed by atoms with van der Waals surface area (Å²) < 4.78 is 0. The molecule has 2 nitrogen and oxygen atoms in total. The highest BCUT2D eigenvalue weighted by molar-refractivity contribution is 5.55. The molecule has 0 amide bonds. The molecule has 5 rings (SSSR count). The monoisotopic (exact) mass is 347 g/mol. The van der Waals surface area contributed by atoms with Gasteiger partial charge in [0.2, 0.25) is 0 Å². The van der Waals surface area contributed by atoms with Gasteiger partial charge in [-0.1, -0.05) is 36.0 Å². The van der Waals surface area contributed by atoms with E-state index in [1.54, 1.807) is 5.57 Å². The average molecular weight is 348 g/mol. The van der Waals surface area contributed by atoms with Crippen LogP contribution in [0.5, 0.6) is 0 Å². The Labute approximate surface area is 157 Å². The zero-order chi connectivity index (χ0) is 17.7. The first-order chi connectivity index (χ1) is 12.7. The van der Waals surface area contributed by atoms with Crippen LogP contribution in [0.1, 0.15) is 44.9 Å². The Bertz CT molecular complexity index is 793. The third-order valence-electron chi connectivity index (χ3n) is 7.14. The highest BCUT2D eigenvalue weighted by atomic mass is 16.3. The highest BCUT2D eigenvalue weighted by Crippen LogP contribution is 2.53. The van der Waals surface area contributed by atoms with E-state index in [1.165, 1.54) is 35.3 Å². The minimum absolute atomic E-state index is 0.248. The molecule has 0 saturated carbocycles. The van der Waals surface area contributed by atoms with Crippen LogP contribution in [0, 0.1) is 11.8 Å². The Kier molecular flexibility index (Phi) is 3.86. The Morgan fingerprint density at radius 2 is 2.23 bits per heavy atom. The summed E-state index contributed by atoms with van der Waals surface area (Å²) >= 11 is 0. The van der Waals surface area contributed by atoms with E-state index < -0.39 is 5.60 Å². The smallest absolute Gasteiger partial charge is 0.0787 e. The molecule has 26 heavy (non-hydrogen) atoms. The molecule has 0 spiro atoms. The zero-order valence-electron chi connectivity index (χ0n) is 15.6. The molecule has 3 aliphatic carbocycles. The SMILES string of the molecule is C=CCC1(O)CC2=C3C(=C4C=CCCC41)CN1CC=CC=C1C3CCC2. The summed E-state index contributed by atoms with van der Waals surface area (Å²) in [4.78, 5) is 2.57. The van der Waals surface area contributed by atoms with Gasteiger partial charge in [-0.25, -0.2) is 0 Å². The molecular formula is C24H29NO. The van der Waals surface area contributed by atoms with Gasteiger partial charge in [0.25, 0.3) is 0 Å². The van der Waals surface area contributed by atoms with Crippen molar-refractivity contribution < 1.29 is 5.11 Å². The molecule has 2 heteroatoms. The largest absolute Gasteiger partial charge is 0.389 e. The summed E-state index contributed by atoms with van der Waals surface area (Å²) in [7, 11) is 0. The van der Waals surface area contributed by atoms with E-state index in [4.69, 9.17) is 0 Å². The average Bonchev–Trinajstić information content (AvgIpc) is 2.77.